The summed E-state index contributed by atoms with van der Waals surface area (Å²) < 4.78 is 7.21. The smallest absolute Gasteiger partial charge is 0.167 e. The molecule has 0 N–H and O–H groups in total. The average molecular weight is 271 g/mol. The molecule has 0 bridgehead atoms. The molecule has 0 aliphatic carbocycles. The lowest BCUT2D eigenvalue weighted by Gasteiger charge is -2.21. The van der Waals surface area contributed by atoms with Crippen LogP contribution in [0, 0.1) is 0 Å². The predicted molar refractivity (Wildman–Crippen MR) is 69.9 cm³/mol. The molecule has 5 heteroatoms. The number of hydrogen-bond donors (Lipinski definition) is 0. The lowest BCUT2D eigenvalue weighted by Crippen LogP contribution is -2.30. The molecule has 0 spiro atoms. The van der Waals surface area contributed by atoms with Crippen molar-refractivity contribution >= 4 is 17.4 Å². The van der Waals surface area contributed by atoms with Crippen molar-refractivity contribution in [3.8, 4) is 0 Å². The third-order valence-corrected chi connectivity index (χ3v) is 3.82. The quantitative estimate of drug-likeness (QED) is 0.843. The molecule has 1 atom stereocenters. The zero-order valence-corrected chi connectivity index (χ0v) is 11.7. The first-order chi connectivity index (χ1) is 8.63. The highest BCUT2D eigenvalue weighted by molar-refractivity contribution is 6.32. The summed E-state index contributed by atoms with van der Waals surface area (Å²) in [7, 11) is 1.83. The third-order valence-electron chi connectivity index (χ3n) is 3.38. The van der Waals surface area contributed by atoms with Crippen LogP contribution in [0.1, 0.15) is 37.6 Å². The Morgan fingerprint density at radius 2 is 2.33 bits per heavy atom. The predicted octanol–water partition coefficient (Wildman–Crippen LogP) is 2.32. The summed E-state index contributed by atoms with van der Waals surface area (Å²) in [5.41, 5.74) is 1.65. The van der Waals surface area contributed by atoms with Crippen LogP contribution in [0.2, 0.25) is 5.02 Å². The van der Waals surface area contributed by atoms with E-state index in [9.17, 15) is 4.79 Å². The molecule has 0 amide bonds. The average Bonchev–Trinajstić information content (AvgIpc) is 2.67. The van der Waals surface area contributed by atoms with E-state index < -0.39 is 0 Å². The van der Waals surface area contributed by atoms with E-state index >= 15 is 0 Å². The zero-order chi connectivity index (χ0) is 13.1. The minimum Gasteiger partial charge on any atom is -0.370 e. The Hall–Kier alpha value is -0.870. The Morgan fingerprint density at radius 3 is 2.89 bits per heavy atom. The summed E-state index contributed by atoms with van der Waals surface area (Å²) >= 11 is 6.24. The fourth-order valence-corrected chi connectivity index (χ4v) is 2.65. The Bertz CT molecular complexity index is 436. The molecule has 0 aromatic carbocycles. The van der Waals surface area contributed by atoms with E-state index in [1.54, 1.807) is 4.68 Å². The van der Waals surface area contributed by atoms with Crippen LogP contribution in [-0.2, 0) is 29.4 Å². The molecule has 0 saturated carbocycles. The monoisotopic (exact) mass is 270 g/mol. The molecule has 1 fully saturated rings. The number of aromatic nitrogens is 2. The molecule has 18 heavy (non-hydrogen) atoms. The number of carbonyl (C=O) groups excluding carboxylic acids is 1. The molecule has 1 saturated heterocycles. The minimum absolute atomic E-state index is 0.113. The van der Waals surface area contributed by atoms with Crippen LogP contribution in [0.25, 0.3) is 0 Å². The lowest BCUT2D eigenvalue weighted by molar-refractivity contribution is -0.132. The van der Waals surface area contributed by atoms with Gasteiger partial charge in [-0.15, -0.1) is 0 Å². The van der Waals surface area contributed by atoms with E-state index in [1.165, 1.54) is 0 Å². The Kier molecular flexibility index (Phi) is 4.40. The number of hydrogen-bond acceptors (Lipinski definition) is 3. The standard InChI is InChI=1S/C13H19ClN2O2/c1-3-9-13(14)10(16(2)15-9)8-11(17)12-6-4-5-7-18-12/h12H,3-8H2,1-2H3. The summed E-state index contributed by atoms with van der Waals surface area (Å²) in [4.78, 5) is 12.1. The van der Waals surface area contributed by atoms with Crippen molar-refractivity contribution in [1.82, 2.24) is 9.78 Å². The molecule has 1 aliphatic rings. The molecule has 2 rings (SSSR count). The molecule has 1 unspecified atom stereocenters. The van der Waals surface area contributed by atoms with Crippen LogP contribution in [0.4, 0.5) is 0 Å². The van der Waals surface area contributed by atoms with Gasteiger partial charge in [0.15, 0.2) is 5.78 Å². The topological polar surface area (TPSA) is 44.1 Å². The van der Waals surface area contributed by atoms with Gasteiger partial charge in [-0.05, 0) is 25.7 Å². The summed E-state index contributed by atoms with van der Waals surface area (Å²) in [5, 5.41) is 4.95. The van der Waals surface area contributed by atoms with Gasteiger partial charge in [0.05, 0.1) is 22.8 Å². The number of carbonyl (C=O) groups is 1. The maximum atomic E-state index is 12.1. The Balaban J connectivity index is 2.08. The van der Waals surface area contributed by atoms with Gasteiger partial charge in [0.1, 0.15) is 6.10 Å². The summed E-state index contributed by atoms with van der Waals surface area (Å²) in [6.45, 7) is 2.69. The fraction of sp³-hybridized carbons (Fsp3) is 0.692. The first-order valence-corrected chi connectivity index (χ1v) is 6.85. The molecule has 4 nitrogen and oxygen atoms in total. The van der Waals surface area contributed by atoms with Crippen molar-refractivity contribution in [2.24, 2.45) is 7.05 Å². The van der Waals surface area contributed by atoms with Gasteiger partial charge in [0, 0.05) is 13.7 Å². The van der Waals surface area contributed by atoms with E-state index in [2.05, 4.69) is 5.10 Å². The van der Waals surface area contributed by atoms with Crippen molar-refractivity contribution in [2.45, 2.75) is 45.1 Å². The van der Waals surface area contributed by atoms with Crippen LogP contribution in [0.3, 0.4) is 0 Å². The number of rotatable bonds is 4. The number of Topliss-reactive ketones (excluding diaryl/α,β-unsaturated/α-hetero) is 1. The fourth-order valence-electron chi connectivity index (χ4n) is 2.29. The van der Waals surface area contributed by atoms with Crippen molar-refractivity contribution in [3.05, 3.63) is 16.4 Å². The first-order valence-electron chi connectivity index (χ1n) is 6.48. The lowest BCUT2D eigenvalue weighted by atomic mass is 10.0. The van der Waals surface area contributed by atoms with E-state index in [-0.39, 0.29) is 11.9 Å². The van der Waals surface area contributed by atoms with Gasteiger partial charge in [-0.1, -0.05) is 18.5 Å². The molecule has 1 aromatic rings. The highest BCUT2D eigenvalue weighted by Gasteiger charge is 2.24. The van der Waals surface area contributed by atoms with Gasteiger partial charge in [-0.2, -0.15) is 5.10 Å². The van der Waals surface area contributed by atoms with Crippen molar-refractivity contribution in [2.75, 3.05) is 6.61 Å². The maximum Gasteiger partial charge on any atom is 0.167 e. The summed E-state index contributed by atoms with van der Waals surface area (Å²) in [6.07, 6.45) is 3.78. The van der Waals surface area contributed by atoms with Crippen LogP contribution in [0.15, 0.2) is 0 Å². The molecular formula is C13H19ClN2O2. The number of halogens is 1. The van der Waals surface area contributed by atoms with Gasteiger partial charge < -0.3 is 4.74 Å². The van der Waals surface area contributed by atoms with Crippen molar-refractivity contribution < 1.29 is 9.53 Å². The molecular weight excluding hydrogens is 252 g/mol. The van der Waals surface area contributed by atoms with E-state index in [0.717, 1.165) is 37.1 Å². The van der Waals surface area contributed by atoms with Gasteiger partial charge >= 0.3 is 0 Å². The third kappa shape index (κ3) is 2.75. The van der Waals surface area contributed by atoms with Crippen LogP contribution in [-0.4, -0.2) is 28.3 Å². The van der Waals surface area contributed by atoms with Crippen LogP contribution >= 0.6 is 11.6 Å². The Labute approximate surface area is 112 Å². The second-order valence-electron chi connectivity index (χ2n) is 4.68. The number of aryl methyl sites for hydroxylation is 2. The minimum atomic E-state index is -0.255. The summed E-state index contributed by atoms with van der Waals surface area (Å²) in [5.74, 6) is 0.113. The maximum absolute atomic E-state index is 12.1. The van der Waals surface area contributed by atoms with E-state index in [1.807, 2.05) is 14.0 Å². The van der Waals surface area contributed by atoms with Gasteiger partial charge in [0.25, 0.3) is 0 Å². The van der Waals surface area contributed by atoms with Gasteiger partial charge in [-0.25, -0.2) is 0 Å². The van der Waals surface area contributed by atoms with Gasteiger partial charge in [-0.3, -0.25) is 9.48 Å². The highest BCUT2D eigenvalue weighted by Crippen LogP contribution is 2.23. The van der Waals surface area contributed by atoms with Crippen LogP contribution < -0.4 is 0 Å². The highest BCUT2D eigenvalue weighted by atomic mass is 35.5. The molecule has 1 aliphatic heterocycles. The molecule has 0 radical (unpaired) electrons. The largest absolute Gasteiger partial charge is 0.370 e. The molecule has 1 aromatic heterocycles. The first kappa shape index (κ1) is 13.6. The number of ether oxygens (including phenoxy) is 1. The van der Waals surface area contributed by atoms with E-state index in [0.29, 0.717) is 18.1 Å². The molecule has 2 heterocycles. The van der Waals surface area contributed by atoms with Crippen molar-refractivity contribution in [1.29, 1.82) is 0 Å². The zero-order valence-electron chi connectivity index (χ0n) is 10.9. The van der Waals surface area contributed by atoms with Crippen LogP contribution in [0.5, 0.6) is 0 Å². The second kappa shape index (κ2) is 5.85. The van der Waals surface area contributed by atoms with Gasteiger partial charge in [0.2, 0.25) is 0 Å². The second-order valence-corrected chi connectivity index (χ2v) is 5.06. The number of nitrogens with zero attached hydrogens (tertiary/aromatic N) is 2. The Morgan fingerprint density at radius 1 is 1.56 bits per heavy atom. The van der Waals surface area contributed by atoms with E-state index in [4.69, 9.17) is 16.3 Å². The molecule has 100 valence electrons. The SMILES string of the molecule is CCc1nn(C)c(CC(=O)C2CCCCO2)c1Cl. The summed E-state index contributed by atoms with van der Waals surface area (Å²) in [6, 6.07) is 0. The normalized spacial score (nSPS) is 20.1. The van der Waals surface area contributed by atoms with Crippen molar-refractivity contribution in [3.63, 3.8) is 0 Å². The number of ketones is 1.